The molecule has 1 aliphatic rings. The van der Waals surface area contributed by atoms with Crippen molar-refractivity contribution in [3.8, 4) is 5.75 Å². The first-order chi connectivity index (χ1) is 11.2. The van der Waals surface area contributed by atoms with Gasteiger partial charge in [-0.15, -0.1) is 0 Å². The van der Waals surface area contributed by atoms with E-state index in [1.165, 1.54) is 12.5 Å². The van der Waals surface area contributed by atoms with E-state index in [1.807, 2.05) is 18.2 Å². The van der Waals surface area contributed by atoms with Crippen LogP contribution in [0, 0.1) is 0 Å². The van der Waals surface area contributed by atoms with Crippen molar-refractivity contribution in [2.24, 2.45) is 0 Å². The number of pyridine rings is 1. The minimum atomic E-state index is -0.209. The van der Waals surface area contributed by atoms with Gasteiger partial charge in [0.2, 0.25) is 5.56 Å². The molecule has 1 aromatic carbocycles. The molecule has 0 aliphatic heterocycles. The lowest BCUT2D eigenvalue weighted by Crippen LogP contribution is -2.42. The fourth-order valence-corrected chi connectivity index (χ4v) is 3.18. The average molecular weight is 316 g/mol. The maximum absolute atomic E-state index is 11.3. The summed E-state index contributed by atoms with van der Waals surface area (Å²) < 4.78 is 5.85. The molecule has 2 aromatic rings. The maximum Gasteiger partial charge on any atom is 0.248 e. The summed E-state index contributed by atoms with van der Waals surface area (Å²) >= 11 is 0. The second-order valence-electron chi connectivity index (χ2n) is 6.15. The molecule has 5 nitrogen and oxygen atoms in total. The summed E-state index contributed by atoms with van der Waals surface area (Å²) in [5.74, 6) is 0.788. The monoisotopic (exact) mass is 316 g/mol. The highest BCUT2D eigenvalue weighted by molar-refractivity contribution is 5.84. The van der Waals surface area contributed by atoms with E-state index in [4.69, 9.17) is 4.74 Å². The summed E-state index contributed by atoms with van der Waals surface area (Å²) in [6.45, 7) is 1.44. The van der Waals surface area contributed by atoms with Crippen molar-refractivity contribution in [1.29, 1.82) is 0 Å². The van der Waals surface area contributed by atoms with Crippen LogP contribution in [-0.4, -0.2) is 35.4 Å². The molecule has 0 radical (unpaired) electrons. The molecule has 0 saturated heterocycles. The van der Waals surface area contributed by atoms with Gasteiger partial charge in [0, 0.05) is 17.5 Å². The zero-order chi connectivity index (χ0) is 16.1. The number of benzene rings is 1. The Kier molecular flexibility index (Phi) is 5.31. The molecular formula is C18H24N2O3. The summed E-state index contributed by atoms with van der Waals surface area (Å²) in [5, 5.41) is 14.3. The molecule has 1 aromatic heterocycles. The lowest BCUT2D eigenvalue weighted by molar-refractivity contribution is 0.0904. The number of aliphatic hydroxyl groups is 1. The number of nitrogens with one attached hydrogen (secondary N) is 2. The predicted octanol–water partition coefficient (Wildman–Crippen LogP) is 2.19. The summed E-state index contributed by atoms with van der Waals surface area (Å²) in [5.41, 5.74) is 0.684. The number of H-pyrrole nitrogens is 1. The number of fused-ring (bicyclic) bond motifs is 1. The molecule has 3 rings (SSSR count). The number of ether oxygens (including phenoxy) is 1. The van der Waals surface area contributed by atoms with Crippen LogP contribution in [0.15, 0.2) is 35.1 Å². The van der Waals surface area contributed by atoms with Crippen molar-refractivity contribution in [1.82, 2.24) is 10.3 Å². The van der Waals surface area contributed by atoms with Crippen LogP contribution in [0.4, 0.5) is 0 Å². The lowest BCUT2D eigenvalue weighted by atomic mass is 9.92. The predicted molar refractivity (Wildman–Crippen MR) is 90.9 cm³/mol. The number of aromatic amines is 1. The Morgan fingerprint density at radius 1 is 1.22 bits per heavy atom. The second-order valence-corrected chi connectivity index (χ2v) is 6.15. The molecule has 124 valence electrons. The Morgan fingerprint density at radius 2 is 2.09 bits per heavy atom. The molecule has 1 heterocycles. The number of hydrogen-bond donors (Lipinski definition) is 3. The minimum Gasteiger partial charge on any atom is -0.493 e. The van der Waals surface area contributed by atoms with E-state index in [1.54, 1.807) is 6.07 Å². The zero-order valence-corrected chi connectivity index (χ0v) is 13.3. The average Bonchev–Trinajstić information content (AvgIpc) is 2.56. The molecule has 2 atom stereocenters. The third kappa shape index (κ3) is 4.12. The van der Waals surface area contributed by atoms with Crippen LogP contribution in [0.5, 0.6) is 5.75 Å². The van der Waals surface area contributed by atoms with Crippen molar-refractivity contribution in [2.45, 2.75) is 44.2 Å². The first kappa shape index (κ1) is 16.0. The lowest BCUT2D eigenvalue weighted by Gasteiger charge is -2.28. The van der Waals surface area contributed by atoms with Crippen LogP contribution in [0.1, 0.15) is 32.1 Å². The molecule has 3 N–H and O–H groups in total. The van der Waals surface area contributed by atoms with Crippen molar-refractivity contribution in [2.75, 3.05) is 13.2 Å². The molecule has 23 heavy (non-hydrogen) atoms. The van der Waals surface area contributed by atoms with Gasteiger partial charge in [-0.3, -0.25) is 4.79 Å². The van der Waals surface area contributed by atoms with Gasteiger partial charge in [-0.1, -0.05) is 18.9 Å². The zero-order valence-electron chi connectivity index (χ0n) is 13.3. The fourth-order valence-electron chi connectivity index (χ4n) is 3.18. The highest BCUT2D eigenvalue weighted by Crippen LogP contribution is 2.23. The molecular weight excluding hydrogens is 292 g/mol. The Morgan fingerprint density at radius 3 is 2.96 bits per heavy atom. The standard InChI is InChI=1S/C18H24N2O3/c21-16-7-2-1-5-15(16)19-11-4-12-23-17-8-3-6-14-13(17)9-10-18(22)20-14/h3,6,8-10,15-16,19,21H,1-2,4-5,7,11-12H2,(H,20,22). The number of rotatable bonds is 6. The molecule has 0 bridgehead atoms. The summed E-state index contributed by atoms with van der Waals surface area (Å²) in [4.78, 5) is 14.1. The van der Waals surface area contributed by atoms with Gasteiger partial charge in [-0.05, 0) is 44.0 Å². The first-order valence-corrected chi connectivity index (χ1v) is 8.40. The summed E-state index contributed by atoms with van der Waals surface area (Å²) in [7, 11) is 0. The van der Waals surface area contributed by atoms with Crippen LogP contribution in [0.3, 0.4) is 0 Å². The van der Waals surface area contributed by atoms with Crippen molar-refractivity contribution < 1.29 is 9.84 Å². The normalized spacial score (nSPS) is 21.4. The third-order valence-electron chi connectivity index (χ3n) is 4.44. The number of aromatic nitrogens is 1. The van der Waals surface area contributed by atoms with Crippen LogP contribution < -0.4 is 15.6 Å². The molecule has 1 aliphatic carbocycles. The van der Waals surface area contributed by atoms with Gasteiger partial charge in [-0.2, -0.15) is 0 Å². The molecule has 2 unspecified atom stereocenters. The van der Waals surface area contributed by atoms with Gasteiger partial charge < -0.3 is 20.1 Å². The summed E-state index contributed by atoms with van der Waals surface area (Å²) in [6.07, 6.45) is 4.95. The quantitative estimate of drug-likeness (QED) is 0.714. The SMILES string of the molecule is O=c1ccc2c(OCCCNC3CCCCC3O)cccc2[nH]1. The number of aliphatic hydroxyl groups excluding tert-OH is 1. The highest BCUT2D eigenvalue weighted by Gasteiger charge is 2.21. The Hall–Kier alpha value is -1.85. The Balaban J connectivity index is 1.48. The molecule has 1 fully saturated rings. The Bertz CT molecular complexity index is 698. The van der Waals surface area contributed by atoms with E-state index in [-0.39, 0.29) is 17.7 Å². The van der Waals surface area contributed by atoms with Gasteiger partial charge in [0.25, 0.3) is 0 Å². The van der Waals surface area contributed by atoms with Crippen LogP contribution >= 0.6 is 0 Å². The van der Waals surface area contributed by atoms with Crippen molar-refractivity contribution in [3.05, 3.63) is 40.7 Å². The van der Waals surface area contributed by atoms with E-state index in [9.17, 15) is 9.90 Å². The third-order valence-corrected chi connectivity index (χ3v) is 4.44. The molecule has 0 spiro atoms. The van der Waals surface area contributed by atoms with Crippen LogP contribution in [-0.2, 0) is 0 Å². The Labute approximate surface area is 135 Å². The summed E-state index contributed by atoms with van der Waals surface area (Å²) in [6, 6.07) is 9.20. The highest BCUT2D eigenvalue weighted by atomic mass is 16.5. The minimum absolute atomic E-state index is 0.107. The van der Waals surface area contributed by atoms with Crippen LogP contribution in [0.25, 0.3) is 10.9 Å². The molecule has 1 saturated carbocycles. The molecule has 0 amide bonds. The van der Waals surface area contributed by atoms with E-state index in [2.05, 4.69) is 10.3 Å². The first-order valence-electron chi connectivity index (χ1n) is 8.40. The second kappa shape index (κ2) is 7.62. The van der Waals surface area contributed by atoms with E-state index < -0.39 is 0 Å². The van der Waals surface area contributed by atoms with E-state index in [0.29, 0.717) is 6.61 Å². The van der Waals surface area contributed by atoms with Crippen molar-refractivity contribution in [3.63, 3.8) is 0 Å². The topological polar surface area (TPSA) is 74.3 Å². The van der Waals surface area contributed by atoms with Gasteiger partial charge in [0.15, 0.2) is 0 Å². The van der Waals surface area contributed by atoms with Crippen molar-refractivity contribution >= 4 is 10.9 Å². The fraction of sp³-hybridized carbons (Fsp3) is 0.500. The largest absolute Gasteiger partial charge is 0.493 e. The van der Waals surface area contributed by atoms with Gasteiger partial charge in [0.1, 0.15) is 5.75 Å². The van der Waals surface area contributed by atoms with Gasteiger partial charge in [-0.25, -0.2) is 0 Å². The molecule has 5 heteroatoms. The number of hydrogen-bond acceptors (Lipinski definition) is 4. The smallest absolute Gasteiger partial charge is 0.248 e. The van der Waals surface area contributed by atoms with Crippen LogP contribution in [0.2, 0.25) is 0 Å². The maximum atomic E-state index is 11.3. The van der Waals surface area contributed by atoms with E-state index in [0.717, 1.165) is 48.9 Å². The van der Waals surface area contributed by atoms with Gasteiger partial charge in [0.05, 0.1) is 18.2 Å². The van der Waals surface area contributed by atoms with Gasteiger partial charge >= 0.3 is 0 Å². The van der Waals surface area contributed by atoms with E-state index >= 15 is 0 Å².